The van der Waals surface area contributed by atoms with Crippen LogP contribution in [0.25, 0.3) is 0 Å². The van der Waals surface area contributed by atoms with Crippen molar-refractivity contribution in [3.63, 3.8) is 0 Å². The van der Waals surface area contributed by atoms with Crippen LogP contribution in [0.1, 0.15) is 5.56 Å². The van der Waals surface area contributed by atoms with E-state index in [4.69, 9.17) is 23.2 Å². The van der Waals surface area contributed by atoms with Crippen LogP contribution in [0.2, 0.25) is 10.0 Å². The van der Waals surface area contributed by atoms with E-state index in [1.165, 1.54) is 0 Å². The molecule has 0 aliphatic carbocycles. The first-order valence-electron chi connectivity index (χ1n) is 3.24. The first kappa shape index (κ1) is 13.3. The fourth-order valence-electron chi connectivity index (χ4n) is 0.846. The van der Waals surface area contributed by atoms with Gasteiger partial charge < -0.3 is 9.90 Å². The molecule has 0 unspecified atom stereocenters. The molecule has 1 aromatic rings. The Labute approximate surface area is 108 Å². The van der Waals surface area contributed by atoms with Gasteiger partial charge in [0.05, 0.1) is 0 Å². The molecule has 1 aromatic carbocycles. The number of carbonyl (C=O) groups is 1. The Balaban J connectivity index is 0.00000144. The summed E-state index contributed by atoms with van der Waals surface area (Å²) >= 11 is 11.4. The Morgan fingerprint density at radius 3 is 2.15 bits per heavy atom. The molecule has 64 valence electrons. The van der Waals surface area contributed by atoms with Gasteiger partial charge >= 0.3 is 29.6 Å². The predicted molar refractivity (Wildman–Crippen MR) is 45.2 cm³/mol. The molecule has 0 aliphatic rings. The van der Waals surface area contributed by atoms with Crippen molar-refractivity contribution >= 4 is 29.2 Å². The van der Waals surface area contributed by atoms with Crippen molar-refractivity contribution in [2.24, 2.45) is 0 Å². The average Bonchev–Trinajstić information content (AvgIpc) is 1.97. The Hall–Kier alpha value is 0.270. The molecule has 0 bridgehead atoms. The van der Waals surface area contributed by atoms with Crippen LogP contribution in [0, 0.1) is 0 Å². The van der Waals surface area contributed by atoms with Crippen molar-refractivity contribution in [1.29, 1.82) is 0 Å². The average molecular weight is 227 g/mol. The molecule has 0 spiro atoms. The van der Waals surface area contributed by atoms with Crippen LogP contribution in [0.5, 0.6) is 0 Å². The second-order valence-electron chi connectivity index (χ2n) is 2.25. The molecule has 2 nitrogen and oxygen atoms in total. The molecule has 5 heteroatoms. The SMILES string of the molecule is O=C([O-])Cc1c(Cl)cccc1Cl.[Na+]. The second-order valence-corrected chi connectivity index (χ2v) is 3.06. The normalized spacial score (nSPS) is 9.08. The van der Waals surface area contributed by atoms with E-state index in [0.29, 0.717) is 15.6 Å². The fraction of sp³-hybridized carbons (Fsp3) is 0.125. The van der Waals surface area contributed by atoms with Gasteiger partial charge in [0, 0.05) is 22.4 Å². The number of rotatable bonds is 2. The Morgan fingerprint density at radius 1 is 1.31 bits per heavy atom. The molecule has 0 atom stereocenters. The first-order valence-corrected chi connectivity index (χ1v) is 3.99. The topological polar surface area (TPSA) is 40.1 Å². The van der Waals surface area contributed by atoms with Gasteiger partial charge in [-0.2, -0.15) is 0 Å². The van der Waals surface area contributed by atoms with Crippen molar-refractivity contribution < 1.29 is 39.5 Å². The summed E-state index contributed by atoms with van der Waals surface area (Å²) in [5, 5.41) is 11.0. The molecule has 0 radical (unpaired) electrons. The Kier molecular flexibility index (Phi) is 6.01. The second kappa shape index (κ2) is 5.89. The van der Waals surface area contributed by atoms with E-state index < -0.39 is 5.97 Å². The predicted octanol–water partition coefficient (Wildman–Crippen LogP) is -1.71. The van der Waals surface area contributed by atoms with Crippen molar-refractivity contribution in [3.05, 3.63) is 33.8 Å². The van der Waals surface area contributed by atoms with Gasteiger partial charge in [-0.25, -0.2) is 0 Å². The molecule has 0 saturated heterocycles. The van der Waals surface area contributed by atoms with Crippen LogP contribution in [0.4, 0.5) is 0 Å². The van der Waals surface area contributed by atoms with Crippen LogP contribution in [0.15, 0.2) is 18.2 Å². The van der Waals surface area contributed by atoms with Gasteiger partial charge in [-0.1, -0.05) is 29.3 Å². The molecule has 0 saturated carbocycles. The van der Waals surface area contributed by atoms with Gasteiger partial charge in [0.25, 0.3) is 0 Å². The molecule has 13 heavy (non-hydrogen) atoms. The molecule has 0 N–H and O–H groups in total. The van der Waals surface area contributed by atoms with Gasteiger partial charge in [0.1, 0.15) is 0 Å². The van der Waals surface area contributed by atoms with E-state index >= 15 is 0 Å². The minimum absolute atomic E-state index is 0. The number of halogens is 2. The van der Waals surface area contributed by atoms with Gasteiger partial charge in [0.15, 0.2) is 0 Å². The van der Waals surface area contributed by atoms with Gasteiger partial charge in [0.2, 0.25) is 0 Å². The van der Waals surface area contributed by atoms with Crippen molar-refractivity contribution in [2.75, 3.05) is 0 Å². The van der Waals surface area contributed by atoms with Gasteiger partial charge in [-0.15, -0.1) is 0 Å². The van der Waals surface area contributed by atoms with Crippen molar-refractivity contribution in [1.82, 2.24) is 0 Å². The summed E-state index contributed by atoms with van der Waals surface area (Å²) in [6, 6.07) is 4.83. The molecule has 1 rings (SSSR count). The molecule has 0 heterocycles. The summed E-state index contributed by atoms with van der Waals surface area (Å²) in [6.07, 6.45) is -0.251. The standard InChI is InChI=1S/C8H6Cl2O2.Na/c9-6-2-1-3-7(10)5(6)4-8(11)12;/h1-3H,4H2,(H,11,12);/q;+1/p-1. The van der Waals surface area contributed by atoms with Crippen molar-refractivity contribution in [3.8, 4) is 0 Å². The van der Waals surface area contributed by atoms with Crippen LogP contribution in [-0.2, 0) is 11.2 Å². The fourth-order valence-corrected chi connectivity index (χ4v) is 1.38. The third-order valence-electron chi connectivity index (χ3n) is 1.38. The molecular weight excluding hydrogens is 222 g/mol. The van der Waals surface area contributed by atoms with E-state index in [0.717, 1.165) is 0 Å². The third-order valence-corrected chi connectivity index (χ3v) is 2.09. The van der Waals surface area contributed by atoms with Gasteiger partial charge in [-0.3, -0.25) is 0 Å². The minimum Gasteiger partial charge on any atom is -0.550 e. The quantitative estimate of drug-likeness (QED) is 0.564. The summed E-state index contributed by atoms with van der Waals surface area (Å²) in [7, 11) is 0. The maximum atomic E-state index is 10.2. The zero-order valence-electron chi connectivity index (χ0n) is 7.01. The summed E-state index contributed by atoms with van der Waals surface area (Å²) in [5.74, 6) is -1.19. The Bertz CT molecular complexity index is 295. The minimum atomic E-state index is -1.19. The largest absolute Gasteiger partial charge is 1.00 e. The summed E-state index contributed by atoms with van der Waals surface area (Å²) in [6.45, 7) is 0. The number of hydrogen-bond acceptors (Lipinski definition) is 2. The third kappa shape index (κ3) is 3.88. The molecule has 0 aromatic heterocycles. The summed E-state index contributed by atoms with van der Waals surface area (Å²) < 4.78 is 0. The zero-order valence-corrected chi connectivity index (χ0v) is 10.5. The zero-order chi connectivity index (χ0) is 9.14. The smallest absolute Gasteiger partial charge is 0.550 e. The van der Waals surface area contributed by atoms with E-state index in [2.05, 4.69) is 0 Å². The molecular formula is C8H5Cl2NaO2. The number of hydrogen-bond donors (Lipinski definition) is 0. The summed E-state index contributed by atoms with van der Waals surface area (Å²) in [5.41, 5.74) is 0.404. The van der Waals surface area contributed by atoms with E-state index in [9.17, 15) is 9.90 Å². The van der Waals surface area contributed by atoms with E-state index in [1.807, 2.05) is 0 Å². The Morgan fingerprint density at radius 2 is 1.77 bits per heavy atom. The molecule has 0 aliphatic heterocycles. The summed E-state index contributed by atoms with van der Waals surface area (Å²) in [4.78, 5) is 10.2. The number of benzene rings is 1. The maximum absolute atomic E-state index is 10.2. The van der Waals surface area contributed by atoms with E-state index in [1.54, 1.807) is 18.2 Å². The van der Waals surface area contributed by atoms with E-state index in [-0.39, 0.29) is 36.0 Å². The molecule has 0 fully saturated rings. The number of aliphatic carboxylic acids is 1. The van der Waals surface area contributed by atoms with Crippen LogP contribution in [0.3, 0.4) is 0 Å². The molecule has 0 amide bonds. The maximum Gasteiger partial charge on any atom is 1.00 e. The number of carboxylic acid groups (broad SMARTS) is 1. The van der Waals surface area contributed by atoms with Crippen LogP contribution >= 0.6 is 23.2 Å². The monoisotopic (exact) mass is 226 g/mol. The van der Waals surface area contributed by atoms with Crippen molar-refractivity contribution in [2.45, 2.75) is 6.42 Å². The van der Waals surface area contributed by atoms with Crippen LogP contribution in [-0.4, -0.2) is 5.97 Å². The number of carboxylic acids is 1. The first-order chi connectivity index (χ1) is 5.61. The number of carbonyl (C=O) groups excluding carboxylic acids is 1. The van der Waals surface area contributed by atoms with Crippen LogP contribution < -0.4 is 34.7 Å². The van der Waals surface area contributed by atoms with Gasteiger partial charge in [-0.05, 0) is 17.7 Å².